The van der Waals surface area contributed by atoms with Gasteiger partial charge >= 0.3 is 0 Å². The molecule has 0 saturated heterocycles. The van der Waals surface area contributed by atoms with Crippen LogP contribution in [-0.4, -0.2) is 28.2 Å². The lowest BCUT2D eigenvalue weighted by Gasteiger charge is -2.13. The van der Waals surface area contributed by atoms with Crippen LogP contribution in [0.4, 0.5) is 0 Å². The molecule has 1 fully saturated rings. The lowest BCUT2D eigenvalue weighted by Crippen LogP contribution is -2.42. The van der Waals surface area contributed by atoms with E-state index in [1.807, 2.05) is 37.3 Å². The Morgan fingerprint density at radius 3 is 2.86 bits per heavy atom. The van der Waals surface area contributed by atoms with Gasteiger partial charge in [0.25, 0.3) is 0 Å². The maximum absolute atomic E-state index is 11.9. The molecule has 0 bridgehead atoms. The summed E-state index contributed by atoms with van der Waals surface area (Å²) >= 11 is 0. The summed E-state index contributed by atoms with van der Waals surface area (Å²) in [5.74, 6) is 0.0715. The number of hydrogen-bond donors (Lipinski definition) is 3. The number of benzene rings is 1. The van der Waals surface area contributed by atoms with E-state index in [0.29, 0.717) is 12.6 Å². The van der Waals surface area contributed by atoms with Crippen molar-refractivity contribution in [3.05, 3.63) is 42.1 Å². The maximum Gasteiger partial charge on any atom is 0.237 e. The van der Waals surface area contributed by atoms with Crippen LogP contribution < -0.4 is 10.6 Å². The lowest BCUT2D eigenvalue weighted by molar-refractivity contribution is -0.122. The average Bonchev–Trinajstić information content (AvgIpc) is 3.20. The van der Waals surface area contributed by atoms with Crippen molar-refractivity contribution in [2.24, 2.45) is 0 Å². The first-order chi connectivity index (χ1) is 10.2. The van der Waals surface area contributed by atoms with Gasteiger partial charge in [-0.15, -0.1) is 0 Å². The molecule has 1 atom stereocenters. The van der Waals surface area contributed by atoms with Crippen molar-refractivity contribution in [1.29, 1.82) is 0 Å². The SMILES string of the molecule is CC(NCc1cn[nH]c1-c1ccccc1)C(=O)NC1CC1. The van der Waals surface area contributed by atoms with Gasteiger partial charge in [0.2, 0.25) is 5.91 Å². The topological polar surface area (TPSA) is 69.8 Å². The first kappa shape index (κ1) is 13.8. The third-order valence-corrected chi connectivity index (χ3v) is 3.70. The van der Waals surface area contributed by atoms with Crippen LogP contribution in [0.15, 0.2) is 36.5 Å². The van der Waals surface area contributed by atoms with Crippen molar-refractivity contribution < 1.29 is 4.79 Å². The number of rotatable bonds is 6. The maximum atomic E-state index is 11.9. The first-order valence-corrected chi connectivity index (χ1v) is 7.35. The normalized spacial score (nSPS) is 15.7. The quantitative estimate of drug-likeness (QED) is 0.758. The fraction of sp³-hybridized carbons (Fsp3) is 0.375. The van der Waals surface area contributed by atoms with Crippen LogP contribution in [0, 0.1) is 0 Å². The summed E-state index contributed by atoms with van der Waals surface area (Å²) < 4.78 is 0. The Morgan fingerprint density at radius 1 is 1.38 bits per heavy atom. The van der Waals surface area contributed by atoms with E-state index in [0.717, 1.165) is 29.7 Å². The molecule has 5 heteroatoms. The Kier molecular flexibility index (Phi) is 4.01. The summed E-state index contributed by atoms with van der Waals surface area (Å²) in [6.45, 7) is 2.50. The summed E-state index contributed by atoms with van der Waals surface area (Å²) in [6.07, 6.45) is 4.03. The van der Waals surface area contributed by atoms with Gasteiger partial charge < -0.3 is 10.6 Å². The summed E-state index contributed by atoms with van der Waals surface area (Å²) in [6, 6.07) is 10.3. The number of H-pyrrole nitrogens is 1. The van der Waals surface area contributed by atoms with Gasteiger partial charge in [-0.1, -0.05) is 30.3 Å². The molecule has 3 N–H and O–H groups in total. The molecule has 1 aliphatic carbocycles. The molecule has 3 rings (SSSR count). The van der Waals surface area contributed by atoms with Gasteiger partial charge in [-0.3, -0.25) is 9.89 Å². The van der Waals surface area contributed by atoms with Crippen molar-refractivity contribution in [1.82, 2.24) is 20.8 Å². The summed E-state index contributed by atoms with van der Waals surface area (Å²) in [7, 11) is 0. The van der Waals surface area contributed by atoms with E-state index >= 15 is 0 Å². The van der Waals surface area contributed by atoms with E-state index in [9.17, 15) is 4.79 Å². The third kappa shape index (κ3) is 3.49. The Balaban J connectivity index is 1.60. The molecule has 1 aromatic heterocycles. The van der Waals surface area contributed by atoms with Gasteiger partial charge in [0, 0.05) is 18.2 Å². The molecule has 110 valence electrons. The van der Waals surface area contributed by atoms with E-state index in [4.69, 9.17) is 0 Å². The molecule has 0 radical (unpaired) electrons. The van der Waals surface area contributed by atoms with Crippen LogP contribution in [0.1, 0.15) is 25.3 Å². The number of amides is 1. The molecule has 0 spiro atoms. The molecule has 1 saturated carbocycles. The van der Waals surface area contributed by atoms with Gasteiger partial charge in [0.15, 0.2) is 0 Å². The van der Waals surface area contributed by atoms with E-state index in [2.05, 4.69) is 20.8 Å². The minimum Gasteiger partial charge on any atom is -0.352 e. The van der Waals surface area contributed by atoms with E-state index < -0.39 is 0 Å². The highest BCUT2D eigenvalue weighted by Crippen LogP contribution is 2.21. The van der Waals surface area contributed by atoms with Gasteiger partial charge in [0.05, 0.1) is 17.9 Å². The van der Waals surface area contributed by atoms with Gasteiger partial charge in [-0.25, -0.2) is 0 Å². The second-order valence-corrected chi connectivity index (χ2v) is 5.52. The predicted molar refractivity (Wildman–Crippen MR) is 81.5 cm³/mol. The van der Waals surface area contributed by atoms with E-state index in [1.165, 1.54) is 0 Å². The Hall–Kier alpha value is -2.14. The third-order valence-electron chi connectivity index (χ3n) is 3.70. The number of carbonyl (C=O) groups is 1. The predicted octanol–water partition coefficient (Wildman–Crippen LogP) is 1.83. The smallest absolute Gasteiger partial charge is 0.237 e. The van der Waals surface area contributed by atoms with Crippen LogP contribution in [0.2, 0.25) is 0 Å². The van der Waals surface area contributed by atoms with E-state index in [-0.39, 0.29) is 11.9 Å². The van der Waals surface area contributed by atoms with Crippen LogP contribution in [0.25, 0.3) is 11.3 Å². The molecular formula is C16H20N4O. The number of hydrogen-bond acceptors (Lipinski definition) is 3. The fourth-order valence-electron chi connectivity index (χ4n) is 2.21. The standard InChI is InChI=1S/C16H20N4O/c1-11(16(21)19-14-7-8-14)17-9-13-10-18-20-15(13)12-5-3-2-4-6-12/h2-6,10-11,14,17H,7-9H2,1H3,(H,18,20)(H,19,21). The van der Waals surface area contributed by atoms with Crippen molar-refractivity contribution in [3.8, 4) is 11.3 Å². The Labute approximate surface area is 124 Å². The molecule has 1 aromatic carbocycles. The Bertz CT molecular complexity index is 604. The molecule has 1 heterocycles. The number of aromatic amines is 1. The van der Waals surface area contributed by atoms with Gasteiger partial charge in [-0.05, 0) is 25.3 Å². The summed E-state index contributed by atoms with van der Waals surface area (Å²) in [5, 5.41) is 13.4. The van der Waals surface area contributed by atoms with Crippen LogP contribution in [-0.2, 0) is 11.3 Å². The molecule has 0 aliphatic heterocycles. The van der Waals surface area contributed by atoms with Crippen molar-refractivity contribution >= 4 is 5.91 Å². The van der Waals surface area contributed by atoms with Crippen molar-refractivity contribution in [2.75, 3.05) is 0 Å². The van der Waals surface area contributed by atoms with E-state index in [1.54, 1.807) is 6.20 Å². The highest BCUT2D eigenvalue weighted by Gasteiger charge is 2.25. The minimum absolute atomic E-state index is 0.0715. The second-order valence-electron chi connectivity index (χ2n) is 5.52. The van der Waals surface area contributed by atoms with Crippen molar-refractivity contribution in [3.63, 3.8) is 0 Å². The largest absolute Gasteiger partial charge is 0.352 e. The molecule has 2 aromatic rings. The monoisotopic (exact) mass is 284 g/mol. The molecule has 21 heavy (non-hydrogen) atoms. The highest BCUT2D eigenvalue weighted by atomic mass is 16.2. The molecule has 1 aliphatic rings. The molecule has 1 amide bonds. The average molecular weight is 284 g/mol. The molecular weight excluding hydrogens is 264 g/mol. The van der Waals surface area contributed by atoms with Crippen LogP contribution in [0.3, 0.4) is 0 Å². The summed E-state index contributed by atoms with van der Waals surface area (Å²) in [4.78, 5) is 11.9. The zero-order valence-corrected chi connectivity index (χ0v) is 12.1. The fourth-order valence-corrected chi connectivity index (χ4v) is 2.21. The zero-order valence-electron chi connectivity index (χ0n) is 12.1. The number of nitrogens with one attached hydrogen (secondary N) is 3. The van der Waals surface area contributed by atoms with Gasteiger partial charge in [-0.2, -0.15) is 5.10 Å². The first-order valence-electron chi connectivity index (χ1n) is 7.35. The number of aromatic nitrogens is 2. The minimum atomic E-state index is -0.205. The molecule has 1 unspecified atom stereocenters. The zero-order chi connectivity index (χ0) is 14.7. The highest BCUT2D eigenvalue weighted by molar-refractivity contribution is 5.81. The van der Waals surface area contributed by atoms with Crippen molar-refractivity contribution in [2.45, 2.75) is 38.4 Å². The van der Waals surface area contributed by atoms with Crippen LogP contribution in [0.5, 0.6) is 0 Å². The van der Waals surface area contributed by atoms with Gasteiger partial charge in [0.1, 0.15) is 0 Å². The Morgan fingerprint density at radius 2 is 2.14 bits per heavy atom. The second kappa shape index (κ2) is 6.10. The van der Waals surface area contributed by atoms with Crippen LogP contribution >= 0.6 is 0 Å². The lowest BCUT2D eigenvalue weighted by atomic mass is 10.1. The molecule has 5 nitrogen and oxygen atoms in total. The number of carbonyl (C=O) groups excluding carboxylic acids is 1. The summed E-state index contributed by atoms with van der Waals surface area (Å²) in [5.41, 5.74) is 3.16. The number of nitrogens with zero attached hydrogens (tertiary/aromatic N) is 1.